The number of nitrogens with zero attached hydrogens (tertiary/aromatic N) is 5. The minimum Gasteiger partial charge on any atom is -0.368 e. The van der Waals surface area contributed by atoms with Crippen molar-refractivity contribution in [1.29, 1.82) is 0 Å². The molecule has 1 aromatic carbocycles. The lowest BCUT2D eigenvalue weighted by molar-refractivity contribution is -0.122. The Balaban J connectivity index is 1.26. The molecule has 0 saturated carbocycles. The van der Waals surface area contributed by atoms with E-state index in [1.54, 1.807) is 0 Å². The van der Waals surface area contributed by atoms with Crippen LogP contribution in [0.5, 0.6) is 0 Å². The van der Waals surface area contributed by atoms with Gasteiger partial charge in [0.15, 0.2) is 5.82 Å². The maximum absolute atomic E-state index is 12.0. The molecule has 0 radical (unpaired) electrons. The smallest absolute Gasteiger partial charge is 0.255 e. The van der Waals surface area contributed by atoms with E-state index in [4.69, 9.17) is 9.26 Å². The molecule has 1 aliphatic rings. The van der Waals surface area contributed by atoms with Gasteiger partial charge in [-0.3, -0.25) is 4.79 Å². The van der Waals surface area contributed by atoms with Crippen molar-refractivity contribution in [2.24, 2.45) is 0 Å². The standard InChI is InChI=1S/C16H18N6O3/c23-15(10-22-19-11-4-1-2-5-12(11)20-22)17-8-7-14-18-16(25-21-14)13-6-3-9-24-13/h1-2,4-5,13H,3,6-10H2,(H,17,23)/t13-/m0/s1. The van der Waals surface area contributed by atoms with Crippen molar-refractivity contribution in [3.63, 3.8) is 0 Å². The second kappa shape index (κ2) is 6.98. The van der Waals surface area contributed by atoms with Crippen LogP contribution in [0.25, 0.3) is 11.0 Å². The van der Waals surface area contributed by atoms with Crippen LogP contribution in [0.1, 0.15) is 30.7 Å². The van der Waals surface area contributed by atoms with Crippen LogP contribution in [0.2, 0.25) is 0 Å². The second-order valence-corrected chi connectivity index (χ2v) is 5.87. The van der Waals surface area contributed by atoms with Gasteiger partial charge in [0.1, 0.15) is 23.7 Å². The summed E-state index contributed by atoms with van der Waals surface area (Å²) in [6.45, 7) is 1.22. The summed E-state index contributed by atoms with van der Waals surface area (Å²) in [5, 5.41) is 15.2. The van der Waals surface area contributed by atoms with E-state index < -0.39 is 0 Å². The van der Waals surface area contributed by atoms with E-state index in [0.29, 0.717) is 24.7 Å². The first-order valence-corrected chi connectivity index (χ1v) is 8.28. The molecule has 0 bridgehead atoms. The molecular weight excluding hydrogens is 324 g/mol. The van der Waals surface area contributed by atoms with Gasteiger partial charge in [-0.2, -0.15) is 20.0 Å². The predicted molar refractivity (Wildman–Crippen MR) is 86.5 cm³/mol. The zero-order valence-corrected chi connectivity index (χ0v) is 13.6. The molecule has 1 saturated heterocycles. The molecule has 1 aliphatic heterocycles. The quantitative estimate of drug-likeness (QED) is 0.712. The Hall–Kier alpha value is -2.81. The molecule has 3 aromatic rings. The fraction of sp³-hybridized carbons (Fsp3) is 0.438. The Kier molecular flexibility index (Phi) is 4.38. The topological polar surface area (TPSA) is 108 Å². The highest BCUT2D eigenvalue weighted by molar-refractivity contribution is 5.77. The summed E-state index contributed by atoms with van der Waals surface area (Å²) < 4.78 is 10.7. The summed E-state index contributed by atoms with van der Waals surface area (Å²) in [6.07, 6.45) is 2.32. The van der Waals surface area contributed by atoms with Crippen molar-refractivity contribution in [1.82, 2.24) is 30.5 Å². The Morgan fingerprint density at radius 2 is 2.08 bits per heavy atom. The van der Waals surface area contributed by atoms with Crippen molar-refractivity contribution in [2.45, 2.75) is 31.9 Å². The third-order valence-electron chi connectivity index (χ3n) is 3.97. The SMILES string of the molecule is O=C(Cn1nc2ccccc2n1)NCCc1noc([C@@H]2CCCO2)n1. The average Bonchev–Trinajstić information content (AvgIpc) is 3.34. The van der Waals surface area contributed by atoms with Crippen molar-refractivity contribution in [3.8, 4) is 0 Å². The van der Waals surface area contributed by atoms with Crippen LogP contribution in [-0.4, -0.2) is 44.2 Å². The second-order valence-electron chi connectivity index (χ2n) is 5.87. The molecular formula is C16H18N6O3. The van der Waals surface area contributed by atoms with Gasteiger partial charge in [0, 0.05) is 19.6 Å². The fourth-order valence-corrected chi connectivity index (χ4v) is 2.75. The lowest BCUT2D eigenvalue weighted by Gasteiger charge is -2.02. The van der Waals surface area contributed by atoms with Gasteiger partial charge in [0.25, 0.3) is 5.89 Å². The summed E-state index contributed by atoms with van der Waals surface area (Å²) in [5.41, 5.74) is 1.53. The maximum atomic E-state index is 12.0. The highest BCUT2D eigenvalue weighted by Gasteiger charge is 2.23. The number of ether oxygens (including phenoxy) is 1. The number of hydrogen-bond donors (Lipinski definition) is 1. The first kappa shape index (κ1) is 15.7. The summed E-state index contributed by atoms with van der Waals surface area (Å²) in [4.78, 5) is 17.7. The van der Waals surface area contributed by atoms with Crippen LogP contribution in [0.3, 0.4) is 0 Å². The molecule has 9 heteroatoms. The van der Waals surface area contributed by atoms with Crippen LogP contribution in [0.15, 0.2) is 28.8 Å². The minimum absolute atomic E-state index is 0.0715. The van der Waals surface area contributed by atoms with E-state index in [2.05, 4.69) is 25.7 Å². The predicted octanol–water partition coefficient (Wildman–Crippen LogP) is 1.02. The number of carbonyl (C=O) groups is 1. The number of rotatable bonds is 6. The lowest BCUT2D eigenvalue weighted by Crippen LogP contribution is -2.30. The van der Waals surface area contributed by atoms with Gasteiger partial charge in [-0.15, -0.1) is 0 Å². The maximum Gasteiger partial charge on any atom is 0.255 e. The van der Waals surface area contributed by atoms with Gasteiger partial charge >= 0.3 is 0 Å². The molecule has 4 rings (SSSR count). The summed E-state index contributed by atoms with van der Waals surface area (Å²) in [6, 6.07) is 7.49. The molecule has 1 amide bonds. The number of aromatic nitrogens is 5. The Bertz CT molecular complexity index is 835. The molecule has 1 N–H and O–H groups in total. The van der Waals surface area contributed by atoms with E-state index in [1.807, 2.05) is 24.3 Å². The number of fused-ring (bicyclic) bond motifs is 1. The Labute approximate surface area is 143 Å². The van der Waals surface area contributed by atoms with E-state index in [0.717, 1.165) is 30.5 Å². The van der Waals surface area contributed by atoms with Gasteiger partial charge in [-0.25, -0.2) is 0 Å². The van der Waals surface area contributed by atoms with E-state index in [-0.39, 0.29) is 18.6 Å². The lowest BCUT2D eigenvalue weighted by atomic mass is 10.2. The van der Waals surface area contributed by atoms with Crippen LogP contribution in [-0.2, 0) is 22.5 Å². The van der Waals surface area contributed by atoms with Gasteiger partial charge in [0.05, 0.1) is 0 Å². The third-order valence-corrected chi connectivity index (χ3v) is 3.97. The summed E-state index contributed by atoms with van der Waals surface area (Å²) >= 11 is 0. The van der Waals surface area contributed by atoms with Gasteiger partial charge < -0.3 is 14.6 Å². The molecule has 2 aromatic heterocycles. The molecule has 0 unspecified atom stereocenters. The summed E-state index contributed by atoms with van der Waals surface area (Å²) in [5.74, 6) is 0.920. The van der Waals surface area contributed by atoms with E-state index in [9.17, 15) is 4.79 Å². The average molecular weight is 342 g/mol. The first-order chi connectivity index (χ1) is 12.3. The van der Waals surface area contributed by atoms with Crippen molar-refractivity contribution >= 4 is 16.9 Å². The number of nitrogens with one attached hydrogen (secondary N) is 1. The van der Waals surface area contributed by atoms with E-state index in [1.165, 1.54) is 4.80 Å². The van der Waals surface area contributed by atoms with Crippen molar-refractivity contribution in [2.75, 3.05) is 13.2 Å². The monoisotopic (exact) mass is 342 g/mol. The van der Waals surface area contributed by atoms with Crippen LogP contribution in [0, 0.1) is 0 Å². The number of carbonyl (C=O) groups excluding carboxylic acids is 1. The van der Waals surface area contributed by atoms with Crippen LogP contribution < -0.4 is 5.32 Å². The van der Waals surface area contributed by atoms with Crippen molar-refractivity contribution < 1.29 is 14.1 Å². The molecule has 130 valence electrons. The fourth-order valence-electron chi connectivity index (χ4n) is 2.75. The van der Waals surface area contributed by atoms with Gasteiger partial charge in [0.2, 0.25) is 5.91 Å². The summed E-state index contributed by atoms with van der Waals surface area (Å²) in [7, 11) is 0. The van der Waals surface area contributed by atoms with Crippen molar-refractivity contribution in [3.05, 3.63) is 36.0 Å². The highest BCUT2D eigenvalue weighted by Crippen LogP contribution is 2.26. The molecule has 3 heterocycles. The number of benzene rings is 1. The first-order valence-electron chi connectivity index (χ1n) is 8.28. The Morgan fingerprint density at radius 1 is 1.28 bits per heavy atom. The van der Waals surface area contributed by atoms with Crippen LogP contribution >= 0.6 is 0 Å². The molecule has 0 spiro atoms. The zero-order chi connectivity index (χ0) is 17.1. The molecule has 1 fully saturated rings. The minimum atomic E-state index is -0.164. The normalized spacial score (nSPS) is 17.2. The van der Waals surface area contributed by atoms with Gasteiger partial charge in [-0.1, -0.05) is 17.3 Å². The zero-order valence-electron chi connectivity index (χ0n) is 13.6. The highest BCUT2D eigenvalue weighted by atomic mass is 16.5. The number of amides is 1. The molecule has 9 nitrogen and oxygen atoms in total. The Morgan fingerprint density at radius 3 is 2.80 bits per heavy atom. The van der Waals surface area contributed by atoms with Gasteiger partial charge in [-0.05, 0) is 25.0 Å². The third kappa shape index (κ3) is 3.66. The largest absolute Gasteiger partial charge is 0.368 e. The molecule has 25 heavy (non-hydrogen) atoms. The van der Waals surface area contributed by atoms with E-state index >= 15 is 0 Å². The number of hydrogen-bond acceptors (Lipinski definition) is 7. The molecule has 0 aliphatic carbocycles. The van der Waals surface area contributed by atoms with Crippen LogP contribution in [0.4, 0.5) is 0 Å². The molecule has 1 atom stereocenters.